The molecule has 168 valence electrons. The van der Waals surface area contributed by atoms with Crippen molar-refractivity contribution >= 4 is 34.4 Å². The molecule has 0 saturated carbocycles. The van der Waals surface area contributed by atoms with Crippen LogP contribution in [0.2, 0.25) is 0 Å². The summed E-state index contributed by atoms with van der Waals surface area (Å²) in [6.07, 6.45) is 3.59. The number of Topliss-reactive ketones (excluding diaryl/α,β-unsaturated/α-hetero) is 1. The van der Waals surface area contributed by atoms with Crippen LogP contribution in [0.15, 0.2) is 46.5 Å². The minimum Gasteiger partial charge on any atom is -0.383 e. The number of carbonyl (C=O) groups is 2. The van der Waals surface area contributed by atoms with Crippen molar-refractivity contribution in [3.63, 3.8) is 0 Å². The minimum absolute atomic E-state index is 0.0763. The molecule has 0 bridgehead atoms. The zero-order valence-electron chi connectivity index (χ0n) is 18.2. The van der Waals surface area contributed by atoms with Gasteiger partial charge in [0, 0.05) is 32.0 Å². The number of likely N-dealkylation sites (tertiary alicyclic amines) is 1. The summed E-state index contributed by atoms with van der Waals surface area (Å²) in [4.78, 5) is 47.8. The molecule has 1 saturated heterocycles. The van der Waals surface area contributed by atoms with E-state index in [4.69, 9.17) is 4.74 Å². The van der Waals surface area contributed by atoms with Crippen LogP contribution < -0.4 is 5.56 Å². The number of aromatic nitrogens is 3. The van der Waals surface area contributed by atoms with Crippen LogP contribution in [0, 0.1) is 0 Å². The maximum absolute atomic E-state index is 13.1. The number of amides is 1. The first-order valence-corrected chi connectivity index (χ1v) is 11.6. The summed E-state index contributed by atoms with van der Waals surface area (Å²) < 4.78 is 6.83. The van der Waals surface area contributed by atoms with E-state index in [9.17, 15) is 14.4 Å². The molecule has 1 fully saturated rings. The molecule has 1 aromatic carbocycles. The van der Waals surface area contributed by atoms with Crippen LogP contribution in [0.1, 0.15) is 46.7 Å². The van der Waals surface area contributed by atoms with E-state index in [1.165, 1.54) is 11.8 Å². The monoisotopic (exact) mass is 454 g/mol. The fourth-order valence-corrected chi connectivity index (χ4v) is 4.91. The molecule has 0 unspecified atom stereocenters. The number of H-pyrrole nitrogens is 1. The highest BCUT2D eigenvalue weighted by Crippen LogP contribution is 2.23. The van der Waals surface area contributed by atoms with Crippen molar-refractivity contribution in [2.24, 2.45) is 0 Å². The molecule has 0 spiro atoms. The third-order valence-corrected chi connectivity index (χ3v) is 6.54. The number of methoxy groups -OCH3 is 1. The van der Waals surface area contributed by atoms with Crippen LogP contribution in [-0.4, -0.2) is 63.7 Å². The average molecular weight is 455 g/mol. The van der Waals surface area contributed by atoms with E-state index in [1.54, 1.807) is 47.0 Å². The number of ether oxygens (including phenoxy) is 1. The largest absolute Gasteiger partial charge is 0.383 e. The van der Waals surface area contributed by atoms with Gasteiger partial charge in [-0.15, -0.1) is 0 Å². The molecule has 1 aliphatic rings. The van der Waals surface area contributed by atoms with Gasteiger partial charge in [0.15, 0.2) is 10.9 Å². The zero-order chi connectivity index (χ0) is 22.7. The van der Waals surface area contributed by atoms with Gasteiger partial charge in [-0.05, 0) is 38.0 Å². The number of hydrogen-bond donors (Lipinski definition) is 1. The first-order chi connectivity index (χ1) is 15.5. The average Bonchev–Trinajstić information content (AvgIpc) is 3.50. The third kappa shape index (κ3) is 4.49. The van der Waals surface area contributed by atoms with Crippen molar-refractivity contribution in [3.8, 4) is 0 Å². The Morgan fingerprint density at radius 1 is 1.25 bits per heavy atom. The minimum atomic E-state index is -0.237. The predicted octanol–water partition coefficient (Wildman–Crippen LogP) is 3.14. The normalized spacial score (nSPS) is 14.8. The van der Waals surface area contributed by atoms with Crippen molar-refractivity contribution in [1.82, 2.24) is 19.4 Å². The molecule has 0 radical (unpaired) electrons. The van der Waals surface area contributed by atoms with E-state index in [-0.39, 0.29) is 29.0 Å². The lowest BCUT2D eigenvalue weighted by molar-refractivity contribution is 0.0787. The van der Waals surface area contributed by atoms with Crippen LogP contribution in [-0.2, 0) is 4.74 Å². The van der Waals surface area contributed by atoms with Gasteiger partial charge in [0.25, 0.3) is 11.5 Å². The number of ketones is 1. The molecule has 2 aromatic heterocycles. The van der Waals surface area contributed by atoms with Gasteiger partial charge in [0.05, 0.1) is 29.3 Å². The Balaban J connectivity index is 1.55. The van der Waals surface area contributed by atoms with E-state index in [2.05, 4.69) is 9.97 Å². The second kappa shape index (κ2) is 9.70. The van der Waals surface area contributed by atoms with Crippen LogP contribution in [0.5, 0.6) is 0 Å². The van der Waals surface area contributed by atoms with Gasteiger partial charge in [0.2, 0.25) is 0 Å². The second-order valence-corrected chi connectivity index (χ2v) is 8.85. The number of hydrogen-bond acceptors (Lipinski definition) is 6. The number of aromatic amines is 1. The number of thioether (sulfide) groups is 1. The Bertz CT molecular complexity index is 1200. The highest BCUT2D eigenvalue weighted by Gasteiger charge is 2.22. The van der Waals surface area contributed by atoms with Gasteiger partial charge < -0.3 is 14.6 Å². The molecule has 8 nitrogen and oxygen atoms in total. The smallest absolute Gasteiger partial charge is 0.270 e. The van der Waals surface area contributed by atoms with E-state index >= 15 is 0 Å². The van der Waals surface area contributed by atoms with Gasteiger partial charge in [0.1, 0.15) is 5.69 Å². The lowest BCUT2D eigenvalue weighted by atomic mass is 10.2. The highest BCUT2D eigenvalue weighted by molar-refractivity contribution is 7.99. The summed E-state index contributed by atoms with van der Waals surface area (Å²) in [5.41, 5.74) is 1.30. The summed E-state index contributed by atoms with van der Waals surface area (Å²) in [5, 5.41) is 0.998. The number of rotatable bonds is 8. The molecule has 1 N–H and O–H groups in total. The van der Waals surface area contributed by atoms with Crippen LogP contribution in [0.25, 0.3) is 10.9 Å². The molecule has 4 rings (SSSR count). The van der Waals surface area contributed by atoms with Crippen molar-refractivity contribution in [3.05, 3.63) is 58.1 Å². The Labute approximate surface area is 190 Å². The van der Waals surface area contributed by atoms with Crippen molar-refractivity contribution < 1.29 is 14.3 Å². The van der Waals surface area contributed by atoms with Crippen LogP contribution in [0.4, 0.5) is 0 Å². The fourth-order valence-electron chi connectivity index (χ4n) is 3.91. The van der Waals surface area contributed by atoms with E-state index in [0.29, 0.717) is 33.9 Å². The fraction of sp³-hybridized carbons (Fsp3) is 0.391. The quantitative estimate of drug-likeness (QED) is 0.319. The first kappa shape index (κ1) is 22.3. The Morgan fingerprint density at radius 3 is 2.75 bits per heavy atom. The number of benzene rings is 1. The number of nitrogens with zero attached hydrogens (tertiary/aromatic N) is 3. The second-order valence-electron chi connectivity index (χ2n) is 7.90. The number of nitrogens with one attached hydrogen (secondary N) is 1. The van der Waals surface area contributed by atoms with Gasteiger partial charge in [-0.3, -0.25) is 19.0 Å². The Hall–Kier alpha value is -2.91. The third-order valence-electron chi connectivity index (χ3n) is 5.59. The maximum atomic E-state index is 13.1. The number of para-hydroxylation sites is 1. The van der Waals surface area contributed by atoms with Crippen LogP contribution >= 0.6 is 11.8 Å². The standard InChI is InChI=1S/C23H26N4O4S/c1-15(13-31-2)27-21(29)17-7-3-4-8-18(17)25-23(27)32-14-20(28)16-11-19(24-12-16)22(30)26-9-5-6-10-26/h3-4,7-8,11-12,15,24H,5-6,9-10,13-14H2,1-2H3/t15-/m0/s1. The first-order valence-electron chi connectivity index (χ1n) is 10.6. The SMILES string of the molecule is COC[C@H](C)n1c(SCC(=O)c2c[nH]c(C(=O)N3CCCC3)c2)nc2ccccc2c1=O. The molecular formula is C23H26N4O4S. The van der Waals surface area contributed by atoms with Crippen LogP contribution in [0.3, 0.4) is 0 Å². The molecule has 3 heterocycles. The van der Waals surface area contributed by atoms with Gasteiger partial charge in [-0.1, -0.05) is 23.9 Å². The molecule has 3 aromatic rings. The van der Waals surface area contributed by atoms with Gasteiger partial charge >= 0.3 is 0 Å². The molecule has 1 amide bonds. The Kier molecular flexibility index (Phi) is 6.76. The predicted molar refractivity (Wildman–Crippen MR) is 124 cm³/mol. The van der Waals surface area contributed by atoms with E-state index < -0.39 is 0 Å². The lowest BCUT2D eigenvalue weighted by Crippen LogP contribution is -2.28. The van der Waals surface area contributed by atoms with E-state index in [0.717, 1.165) is 25.9 Å². The van der Waals surface area contributed by atoms with Crippen molar-refractivity contribution in [2.45, 2.75) is 31.0 Å². The van der Waals surface area contributed by atoms with Gasteiger partial charge in [-0.25, -0.2) is 4.98 Å². The zero-order valence-corrected chi connectivity index (χ0v) is 19.0. The summed E-state index contributed by atoms with van der Waals surface area (Å²) in [6, 6.07) is 8.54. The maximum Gasteiger partial charge on any atom is 0.270 e. The molecule has 32 heavy (non-hydrogen) atoms. The highest BCUT2D eigenvalue weighted by atomic mass is 32.2. The summed E-state index contributed by atoms with van der Waals surface area (Å²) in [7, 11) is 1.58. The number of fused-ring (bicyclic) bond motifs is 1. The lowest BCUT2D eigenvalue weighted by Gasteiger charge is -2.18. The summed E-state index contributed by atoms with van der Waals surface area (Å²) >= 11 is 1.21. The Morgan fingerprint density at radius 2 is 2.00 bits per heavy atom. The molecule has 1 aliphatic heterocycles. The molecule has 0 aliphatic carbocycles. The topological polar surface area (TPSA) is 97.3 Å². The molecule has 9 heteroatoms. The molecular weight excluding hydrogens is 428 g/mol. The van der Waals surface area contributed by atoms with Crippen molar-refractivity contribution in [1.29, 1.82) is 0 Å². The summed E-state index contributed by atoms with van der Waals surface area (Å²) in [6.45, 7) is 3.74. The summed E-state index contributed by atoms with van der Waals surface area (Å²) in [5.74, 6) is -0.118. The number of carbonyl (C=O) groups excluding carboxylic acids is 2. The van der Waals surface area contributed by atoms with Gasteiger partial charge in [-0.2, -0.15) is 0 Å². The van der Waals surface area contributed by atoms with Crippen molar-refractivity contribution in [2.75, 3.05) is 32.6 Å². The van der Waals surface area contributed by atoms with E-state index in [1.807, 2.05) is 13.0 Å². The molecule has 1 atom stereocenters.